The molecule has 0 saturated carbocycles. The summed E-state index contributed by atoms with van der Waals surface area (Å²) >= 11 is 5.99. The largest absolute Gasteiger partial charge is 0.459 e. The molecular weight excluding hydrogens is 462 g/mol. The van der Waals surface area contributed by atoms with Gasteiger partial charge in [0, 0.05) is 26.3 Å². The number of likely N-dealkylation sites (tertiary alicyclic amines) is 1. The van der Waals surface area contributed by atoms with Crippen LogP contribution in [0.5, 0.6) is 0 Å². The summed E-state index contributed by atoms with van der Waals surface area (Å²) in [7, 11) is -1.10. The minimum absolute atomic E-state index is 0.00526. The van der Waals surface area contributed by atoms with Crippen molar-refractivity contribution >= 4 is 45.1 Å². The summed E-state index contributed by atoms with van der Waals surface area (Å²) in [5, 5.41) is 2.47. The molecule has 0 aliphatic carbocycles. The van der Waals surface area contributed by atoms with Gasteiger partial charge in [-0.25, -0.2) is 17.5 Å². The van der Waals surface area contributed by atoms with E-state index in [-0.39, 0.29) is 21.4 Å². The maximum atomic E-state index is 12.5. The van der Waals surface area contributed by atoms with Crippen molar-refractivity contribution in [3.05, 3.63) is 47.4 Å². The van der Waals surface area contributed by atoms with E-state index in [1.54, 1.807) is 6.07 Å². The van der Waals surface area contributed by atoms with E-state index in [4.69, 9.17) is 20.8 Å². The number of esters is 1. The van der Waals surface area contributed by atoms with Crippen molar-refractivity contribution in [3.8, 4) is 0 Å². The van der Waals surface area contributed by atoms with Crippen LogP contribution in [0.15, 0.2) is 45.9 Å². The second-order valence-corrected chi connectivity index (χ2v) is 9.75. The number of halogens is 1. The Bertz CT molecular complexity index is 1120. The van der Waals surface area contributed by atoms with E-state index in [2.05, 4.69) is 5.32 Å². The number of nitrogens with zero attached hydrogens (tertiary/aromatic N) is 2. The number of ether oxygens (including phenoxy) is 1. The van der Waals surface area contributed by atoms with Gasteiger partial charge in [0.2, 0.25) is 10.0 Å². The normalized spacial score (nSPS) is 16.2. The standard InChI is InChI=1S/C20H22ClN3O7S/c1-23(2)32(28,29)17-11-13(7-8-14(17)21)22-18(25)12-31-20(27)15-5-3-9-24(15)19(26)16-6-4-10-30-16/h4,6-8,10-11,15H,3,5,9,12H2,1-2H3,(H,22,25). The highest BCUT2D eigenvalue weighted by Crippen LogP contribution is 2.27. The number of carbonyl (C=O) groups excluding carboxylic acids is 3. The van der Waals surface area contributed by atoms with E-state index in [9.17, 15) is 22.8 Å². The van der Waals surface area contributed by atoms with E-state index in [1.165, 1.54) is 49.5 Å². The number of hydrogen-bond donors (Lipinski definition) is 1. The molecule has 1 atom stereocenters. The molecule has 1 aliphatic rings. The van der Waals surface area contributed by atoms with Gasteiger partial charge >= 0.3 is 5.97 Å². The van der Waals surface area contributed by atoms with E-state index >= 15 is 0 Å². The van der Waals surface area contributed by atoms with Gasteiger partial charge in [0.05, 0.1) is 11.3 Å². The Morgan fingerprint density at radius 2 is 2.03 bits per heavy atom. The van der Waals surface area contributed by atoms with Crippen LogP contribution in [0, 0.1) is 0 Å². The first-order valence-corrected chi connectivity index (χ1v) is 11.5. The average molecular weight is 484 g/mol. The van der Waals surface area contributed by atoms with E-state index in [1.807, 2.05) is 0 Å². The third kappa shape index (κ3) is 5.12. The molecule has 2 heterocycles. The lowest BCUT2D eigenvalue weighted by atomic mass is 10.2. The summed E-state index contributed by atoms with van der Waals surface area (Å²) in [6.45, 7) is -0.226. The maximum absolute atomic E-state index is 12.5. The highest BCUT2D eigenvalue weighted by molar-refractivity contribution is 7.89. The van der Waals surface area contributed by atoms with Crippen molar-refractivity contribution in [3.63, 3.8) is 0 Å². The summed E-state index contributed by atoms with van der Waals surface area (Å²) in [5.41, 5.74) is 0.173. The van der Waals surface area contributed by atoms with Gasteiger partial charge in [0.25, 0.3) is 11.8 Å². The number of carbonyl (C=O) groups is 3. The second kappa shape index (κ2) is 9.72. The first kappa shape index (κ1) is 23.8. The van der Waals surface area contributed by atoms with Gasteiger partial charge in [0.1, 0.15) is 10.9 Å². The van der Waals surface area contributed by atoms with Crippen molar-refractivity contribution in [2.45, 2.75) is 23.8 Å². The molecule has 0 radical (unpaired) electrons. The third-order valence-corrected chi connectivity index (χ3v) is 7.13. The quantitative estimate of drug-likeness (QED) is 0.596. The minimum atomic E-state index is -3.82. The molecule has 1 aromatic carbocycles. The Morgan fingerprint density at radius 1 is 1.28 bits per heavy atom. The topological polar surface area (TPSA) is 126 Å². The van der Waals surface area contributed by atoms with Crippen molar-refractivity contribution < 1.29 is 32.0 Å². The number of rotatable bonds is 7. The Morgan fingerprint density at radius 3 is 2.69 bits per heavy atom. The van der Waals surface area contributed by atoms with Crippen LogP contribution in [-0.2, 0) is 24.3 Å². The Hall–Kier alpha value is -2.89. The van der Waals surface area contributed by atoms with Gasteiger partial charge in [0.15, 0.2) is 12.4 Å². The average Bonchev–Trinajstić information content (AvgIpc) is 3.45. The van der Waals surface area contributed by atoms with Crippen LogP contribution in [-0.4, -0.2) is 68.7 Å². The second-order valence-electron chi connectivity index (χ2n) is 7.22. The number of benzene rings is 1. The Labute approximate surface area is 190 Å². The molecule has 1 aromatic heterocycles. The van der Waals surface area contributed by atoms with Gasteiger partial charge in [-0.15, -0.1) is 0 Å². The number of hydrogen-bond acceptors (Lipinski definition) is 7. The fraction of sp³-hybridized carbons (Fsp3) is 0.350. The molecular formula is C20H22ClN3O7S. The predicted molar refractivity (Wildman–Crippen MR) is 115 cm³/mol. The molecule has 12 heteroatoms. The lowest BCUT2D eigenvalue weighted by Crippen LogP contribution is -2.42. The molecule has 1 N–H and O–H groups in total. The van der Waals surface area contributed by atoms with E-state index in [0.717, 1.165) is 4.31 Å². The van der Waals surface area contributed by atoms with Gasteiger partial charge in [-0.05, 0) is 43.2 Å². The number of sulfonamides is 1. The van der Waals surface area contributed by atoms with Crippen molar-refractivity contribution in [2.24, 2.45) is 0 Å². The zero-order chi connectivity index (χ0) is 23.5. The first-order chi connectivity index (χ1) is 15.1. The SMILES string of the molecule is CN(C)S(=O)(=O)c1cc(NC(=O)COC(=O)C2CCCN2C(=O)c2ccco2)ccc1Cl. The van der Waals surface area contributed by atoms with E-state index < -0.39 is 40.5 Å². The molecule has 1 fully saturated rings. The number of nitrogens with one attached hydrogen (secondary N) is 1. The molecule has 172 valence electrons. The van der Waals surface area contributed by atoms with Crippen LogP contribution >= 0.6 is 11.6 Å². The molecule has 2 aromatic rings. The lowest BCUT2D eigenvalue weighted by molar-refractivity contribution is -0.151. The van der Waals surface area contributed by atoms with Gasteiger partial charge in [-0.1, -0.05) is 11.6 Å². The molecule has 0 spiro atoms. The highest BCUT2D eigenvalue weighted by Gasteiger charge is 2.36. The fourth-order valence-electron chi connectivity index (χ4n) is 3.20. The van der Waals surface area contributed by atoms with Crippen molar-refractivity contribution in [1.29, 1.82) is 0 Å². The third-order valence-electron chi connectivity index (χ3n) is 4.84. The monoisotopic (exact) mass is 483 g/mol. The number of furan rings is 1. The molecule has 32 heavy (non-hydrogen) atoms. The molecule has 2 amide bonds. The smallest absolute Gasteiger partial charge is 0.329 e. The molecule has 0 bridgehead atoms. The lowest BCUT2D eigenvalue weighted by Gasteiger charge is -2.22. The van der Waals surface area contributed by atoms with Crippen LogP contribution < -0.4 is 5.32 Å². The zero-order valence-electron chi connectivity index (χ0n) is 17.4. The summed E-state index contributed by atoms with van der Waals surface area (Å²) < 4.78 is 35.9. The summed E-state index contributed by atoms with van der Waals surface area (Å²) in [6, 6.07) is 6.26. The number of anilines is 1. The maximum Gasteiger partial charge on any atom is 0.329 e. The molecule has 1 saturated heterocycles. The number of amides is 2. The highest BCUT2D eigenvalue weighted by atomic mass is 35.5. The molecule has 10 nitrogen and oxygen atoms in total. The molecule has 1 aliphatic heterocycles. The summed E-state index contributed by atoms with van der Waals surface area (Å²) in [6.07, 6.45) is 2.40. The van der Waals surface area contributed by atoms with Crippen LogP contribution in [0.1, 0.15) is 23.4 Å². The van der Waals surface area contributed by atoms with E-state index in [0.29, 0.717) is 19.4 Å². The predicted octanol–water partition coefficient (Wildman–Crippen LogP) is 1.97. The molecule has 3 rings (SSSR count). The Kier molecular flexibility index (Phi) is 7.22. The minimum Gasteiger partial charge on any atom is -0.459 e. The van der Waals surface area contributed by atoms with Gasteiger partial charge < -0.3 is 19.4 Å². The van der Waals surface area contributed by atoms with Crippen LogP contribution in [0.3, 0.4) is 0 Å². The summed E-state index contributed by atoms with van der Waals surface area (Å²) in [4.78, 5) is 38.4. The summed E-state index contributed by atoms with van der Waals surface area (Å²) in [5.74, 6) is -1.68. The van der Waals surface area contributed by atoms with Crippen molar-refractivity contribution in [2.75, 3.05) is 32.6 Å². The molecule has 1 unspecified atom stereocenters. The van der Waals surface area contributed by atoms with Gasteiger partial charge in [-0.3, -0.25) is 9.59 Å². The zero-order valence-corrected chi connectivity index (χ0v) is 19.0. The van der Waals surface area contributed by atoms with Crippen molar-refractivity contribution in [1.82, 2.24) is 9.21 Å². The fourth-order valence-corrected chi connectivity index (χ4v) is 4.60. The van der Waals surface area contributed by atoms with Crippen LogP contribution in [0.4, 0.5) is 5.69 Å². The Balaban J connectivity index is 1.60. The van der Waals surface area contributed by atoms with Gasteiger partial charge in [-0.2, -0.15) is 0 Å². The van der Waals surface area contributed by atoms with Crippen LogP contribution in [0.2, 0.25) is 5.02 Å². The van der Waals surface area contributed by atoms with Crippen LogP contribution in [0.25, 0.3) is 0 Å². The first-order valence-electron chi connectivity index (χ1n) is 9.64.